The van der Waals surface area contributed by atoms with Crippen molar-refractivity contribution >= 4 is 23.3 Å². The van der Waals surface area contributed by atoms with Crippen LogP contribution in [0.3, 0.4) is 0 Å². The fraction of sp³-hybridized carbons (Fsp3) is 0.429. The second-order valence-corrected chi connectivity index (χ2v) is 5.27. The van der Waals surface area contributed by atoms with Gasteiger partial charge in [-0.3, -0.25) is 4.79 Å². The Hall–Kier alpha value is -2.24. The number of aromatic carboxylic acids is 1. The van der Waals surface area contributed by atoms with Crippen LogP contribution >= 0.6 is 0 Å². The summed E-state index contributed by atoms with van der Waals surface area (Å²) in [6.07, 6.45) is 1.48. The van der Waals surface area contributed by atoms with Gasteiger partial charge < -0.3 is 20.6 Å². The van der Waals surface area contributed by atoms with Crippen LogP contribution in [0, 0.1) is 0 Å². The molecule has 6 heteroatoms. The first-order valence-electron chi connectivity index (χ1n) is 6.74. The van der Waals surface area contributed by atoms with Gasteiger partial charge in [-0.1, -0.05) is 6.07 Å². The molecule has 0 aliphatic carbocycles. The Morgan fingerprint density at radius 3 is 2.90 bits per heavy atom. The van der Waals surface area contributed by atoms with Crippen LogP contribution in [-0.4, -0.2) is 47.6 Å². The monoisotopic (exact) mass is 275 g/mol. The van der Waals surface area contributed by atoms with Crippen molar-refractivity contribution in [2.24, 2.45) is 0 Å². The second-order valence-electron chi connectivity index (χ2n) is 5.27. The molecule has 2 heterocycles. The molecule has 1 amide bonds. The molecular formula is C14H17N3O3. The maximum absolute atomic E-state index is 11.7. The van der Waals surface area contributed by atoms with E-state index in [9.17, 15) is 9.59 Å². The average Bonchev–Trinajstić information content (AvgIpc) is 2.80. The van der Waals surface area contributed by atoms with Crippen LogP contribution in [0.5, 0.6) is 0 Å². The number of carbonyl (C=O) groups excluding carboxylic acids is 1. The molecule has 20 heavy (non-hydrogen) atoms. The van der Waals surface area contributed by atoms with E-state index in [-0.39, 0.29) is 17.5 Å². The maximum Gasteiger partial charge on any atom is 0.337 e. The summed E-state index contributed by atoms with van der Waals surface area (Å²) in [6, 6.07) is 5.29. The maximum atomic E-state index is 11.7. The molecule has 6 nitrogen and oxygen atoms in total. The van der Waals surface area contributed by atoms with E-state index in [0.717, 1.165) is 18.7 Å². The van der Waals surface area contributed by atoms with Crippen molar-refractivity contribution in [2.45, 2.75) is 18.9 Å². The third-order valence-corrected chi connectivity index (χ3v) is 4.15. The highest BCUT2D eigenvalue weighted by molar-refractivity contribution is 5.97. The van der Waals surface area contributed by atoms with Gasteiger partial charge in [-0.2, -0.15) is 0 Å². The number of para-hydroxylation sites is 1. The Balaban J connectivity index is 1.86. The van der Waals surface area contributed by atoms with Crippen LogP contribution in [0.25, 0.3) is 0 Å². The standard InChI is InChI=1S/C14H17N3O3/c15-13-10(14(19)20)2-1-3-11(13)16-6-7-17-9(8-16)4-5-12(17)18/h1-3,9H,4-8,15H2,(H,19,20). The minimum Gasteiger partial charge on any atom is -0.478 e. The van der Waals surface area contributed by atoms with E-state index in [1.54, 1.807) is 6.07 Å². The van der Waals surface area contributed by atoms with E-state index in [1.807, 2.05) is 11.0 Å². The number of amides is 1. The SMILES string of the molecule is Nc1c(C(=O)O)cccc1N1CCN2C(=O)CCC2C1. The molecule has 3 rings (SSSR count). The number of rotatable bonds is 2. The molecule has 106 valence electrons. The summed E-state index contributed by atoms with van der Waals surface area (Å²) in [4.78, 5) is 26.8. The van der Waals surface area contributed by atoms with Gasteiger partial charge in [0, 0.05) is 32.1 Å². The number of anilines is 2. The number of hydrogen-bond donors (Lipinski definition) is 2. The van der Waals surface area contributed by atoms with Crippen LogP contribution in [0.15, 0.2) is 18.2 Å². The smallest absolute Gasteiger partial charge is 0.337 e. The average molecular weight is 275 g/mol. The first-order valence-corrected chi connectivity index (χ1v) is 6.74. The molecule has 2 aliphatic rings. The van der Waals surface area contributed by atoms with E-state index in [0.29, 0.717) is 25.2 Å². The third kappa shape index (κ3) is 1.97. The molecule has 2 saturated heterocycles. The summed E-state index contributed by atoms with van der Waals surface area (Å²) in [5, 5.41) is 9.12. The van der Waals surface area contributed by atoms with Gasteiger partial charge in [0.25, 0.3) is 0 Å². The van der Waals surface area contributed by atoms with Gasteiger partial charge in [0.1, 0.15) is 0 Å². The molecule has 0 radical (unpaired) electrons. The zero-order valence-electron chi connectivity index (χ0n) is 11.1. The van der Waals surface area contributed by atoms with Crippen LogP contribution in [0.1, 0.15) is 23.2 Å². The van der Waals surface area contributed by atoms with E-state index >= 15 is 0 Å². The largest absolute Gasteiger partial charge is 0.478 e. The molecule has 0 aromatic heterocycles. The highest BCUT2D eigenvalue weighted by Crippen LogP contribution is 2.31. The number of nitrogen functional groups attached to an aromatic ring is 1. The Morgan fingerprint density at radius 2 is 2.15 bits per heavy atom. The van der Waals surface area contributed by atoms with Crippen molar-refractivity contribution in [3.63, 3.8) is 0 Å². The number of hydrogen-bond acceptors (Lipinski definition) is 4. The van der Waals surface area contributed by atoms with Gasteiger partial charge in [-0.15, -0.1) is 0 Å². The van der Waals surface area contributed by atoms with E-state index < -0.39 is 5.97 Å². The van der Waals surface area contributed by atoms with Crippen molar-refractivity contribution in [3.05, 3.63) is 23.8 Å². The molecule has 1 unspecified atom stereocenters. The van der Waals surface area contributed by atoms with Crippen LogP contribution in [-0.2, 0) is 4.79 Å². The van der Waals surface area contributed by atoms with Crippen molar-refractivity contribution in [3.8, 4) is 0 Å². The summed E-state index contributed by atoms with van der Waals surface area (Å²) < 4.78 is 0. The Labute approximate surface area is 116 Å². The Kier molecular flexibility index (Phi) is 3.00. The van der Waals surface area contributed by atoms with Crippen LogP contribution in [0.2, 0.25) is 0 Å². The Bertz CT molecular complexity index is 573. The molecule has 3 N–H and O–H groups in total. The van der Waals surface area contributed by atoms with Crippen molar-refractivity contribution in [1.82, 2.24) is 4.90 Å². The molecule has 2 aliphatic heterocycles. The normalized spacial score (nSPS) is 22.0. The lowest BCUT2D eigenvalue weighted by atomic mass is 10.1. The molecular weight excluding hydrogens is 258 g/mol. The number of carbonyl (C=O) groups is 2. The molecule has 0 spiro atoms. The minimum absolute atomic E-state index is 0.132. The fourth-order valence-corrected chi connectivity index (χ4v) is 3.10. The van der Waals surface area contributed by atoms with Gasteiger partial charge in [0.15, 0.2) is 0 Å². The van der Waals surface area contributed by atoms with Crippen molar-refractivity contribution < 1.29 is 14.7 Å². The topological polar surface area (TPSA) is 86.9 Å². The minimum atomic E-state index is -1.01. The summed E-state index contributed by atoms with van der Waals surface area (Å²) in [7, 11) is 0. The molecule has 1 aromatic carbocycles. The fourth-order valence-electron chi connectivity index (χ4n) is 3.10. The van der Waals surface area contributed by atoms with Gasteiger partial charge in [0.2, 0.25) is 5.91 Å². The van der Waals surface area contributed by atoms with E-state index in [4.69, 9.17) is 10.8 Å². The highest BCUT2D eigenvalue weighted by Gasteiger charge is 2.36. The predicted molar refractivity (Wildman–Crippen MR) is 74.8 cm³/mol. The van der Waals surface area contributed by atoms with Gasteiger partial charge in [0.05, 0.1) is 16.9 Å². The molecule has 1 aromatic rings. The van der Waals surface area contributed by atoms with Crippen LogP contribution in [0.4, 0.5) is 11.4 Å². The highest BCUT2D eigenvalue weighted by atomic mass is 16.4. The number of nitrogens with zero attached hydrogens (tertiary/aromatic N) is 2. The van der Waals surface area contributed by atoms with Crippen LogP contribution < -0.4 is 10.6 Å². The van der Waals surface area contributed by atoms with E-state index in [1.165, 1.54) is 6.07 Å². The lowest BCUT2D eigenvalue weighted by Crippen LogP contribution is -2.51. The third-order valence-electron chi connectivity index (χ3n) is 4.15. The first-order chi connectivity index (χ1) is 9.58. The van der Waals surface area contributed by atoms with Gasteiger partial charge in [-0.25, -0.2) is 4.79 Å². The lowest BCUT2D eigenvalue weighted by molar-refractivity contribution is -0.129. The number of carboxylic acids is 1. The number of nitrogens with two attached hydrogens (primary N) is 1. The molecule has 0 saturated carbocycles. The summed E-state index contributed by atoms with van der Waals surface area (Å²) in [5.74, 6) is -0.791. The molecule has 1 atom stereocenters. The van der Waals surface area contributed by atoms with Crippen molar-refractivity contribution in [1.29, 1.82) is 0 Å². The molecule has 0 bridgehead atoms. The second kappa shape index (κ2) is 4.70. The predicted octanol–water partition coefficient (Wildman–Crippen LogP) is 0.778. The zero-order valence-corrected chi connectivity index (χ0v) is 11.1. The van der Waals surface area contributed by atoms with Gasteiger partial charge in [-0.05, 0) is 18.6 Å². The summed E-state index contributed by atoms with van der Waals surface area (Å²) in [6.45, 7) is 2.09. The number of benzene rings is 1. The molecule has 2 fully saturated rings. The summed E-state index contributed by atoms with van der Waals surface area (Å²) in [5.41, 5.74) is 7.17. The number of fused-ring (bicyclic) bond motifs is 1. The first kappa shape index (κ1) is 12.8. The lowest BCUT2D eigenvalue weighted by Gasteiger charge is -2.39. The summed E-state index contributed by atoms with van der Waals surface area (Å²) >= 11 is 0. The van der Waals surface area contributed by atoms with E-state index in [2.05, 4.69) is 4.90 Å². The quantitative estimate of drug-likeness (QED) is 0.779. The number of carboxylic acid groups (broad SMARTS) is 1. The Morgan fingerprint density at radius 1 is 1.35 bits per heavy atom. The van der Waals surface area contributed by atoms with Gasteiger partial charge >= 0.3 is 5.97 Å². The number of piperazine rings is 1. The van der Waals surface area contributed by atoms with Crippen molar-refractivity contribution in [2.75, 3.05) is 30.3 Å². The zero-order chi connectivity index (χ0) is 14.3.